The van der Waals surface area contributed by atoms with E-state index in [1.165, 1.54) is 22.6 Å². The number of rotatable bonds is 14. The molecule has 0 unspecified atom stereocenters. The number of hydrogen-bond acceptors (Lipinski definition) is 10. The zero-order chi connectivity index (χ0) is 41.3. The molecule has 1 aromatic rings. The van der Waals surface area contributed by atoms with Crippen molar-refractivity contribution in [2.45, 2.75) is 139 Å². The summed E-state index contributed by atoms with van der Waals surface area (Å²) in [5, 5.41) is 4.55. The number of fused-ring (bicyclic) bond motifs is 1. The number of allylic oxidation sites excluding steroid dienone is 2. The fourth-order valence-corrected chi connectivity index (χ4v) is 9.09. The average Bonchev–Trinajstić information content (AvgIpc) is 3.92. The summed E-state index contributed by atoms with van der Waals surface area (Å²) in [6.45, 7) is 8.40. The lowest BCUT2D eigenvalue weighted by molar-refractivity contribution is -0.141. The molecule has 3 saturated carbocycles. The number of carbonyl (C=O) groups excluding carboxylic acids is 6. The number of ether oxygens (including phenoxy) is 2. The summed E-state index contributed by atoms with van der Waals surface area (Å²) in [6, 6.07) is 1.84. The topological polar surface area (TPSA) is 198 Å². The molecule has 5 atom stereocenters. The molecule has 6 rings (SSSR count). The van der Waals surface area contributed by atoms with Crippen LogP contribution in [-0.2, 0) is 51.8 Å². The van der Waals surface area contributed by atoms with Crippen LogP contribution in [-0.4, -0.2) is 95.0 Å². The van der Waals surface area contributed by atoms with Gasteiger partial charge in [-0.3, -0.25) is 28.8 Å². The number of nitrogens with zero attached hydrogens (tertiary/aromatic N) is 2. The van der Waals surface area contributed by atoms with E-state index in [0.29, 0.717) is 24.0 Å². The molecule has 2 aliphatic heterocycles. The number of ketones is 1. The molecule has 310 valence electrons. The highest BCUT2D eigenvalue weighted by Crippen LogP contribution is 2.45. The van der Waals surface area contributed by atoms with Gasteiger partial charge >= 0.3 is 12.2 Å². The van der Waals surface area contributed by atoms with E-state index in [-0.39, 0.29) is 57.5 Å². The lowest BCUT2D eigenvalue weighted by Crippen LogP contribution is -2.58. The van der Waals surface area contributed by atoms with Crippen molar-refractivity contribution in [3.05, 3.63) is 59.4 Å². The van der Waals surface area contributed by atoms with Crippen LogP contribution in [0.5, 0.6) is 0 Å². The zero-order valence-electron chi connectivity index (χ0n) is 32.6. The summed E-state index contributed by atoms with van der Waals surface area (Å²) in [7, 11) is -3.97. The van der Waals surface area contributed by atoms with Gasteiger partial charge in [-0.2, -0.15) is 0 Å². The van der Waals surface area contributed by atoms with Gasteiger partial charge < -0.3 is 25.0 Å². The average molecular weight is 814 g/mol. The minimum Gasteiger partial charge on any atom is -0.444 e. The molecule has 1 aromatic carbocycles. The van der Waals surface area contributed by atoms with Gasteiger partial charge in [0.05, 0.1) is 18.3 Å². The quantitative estimate of drug-likeness (QED) is 0.231. The first kappa shape index (κ1) is 41.8. The molecule has 17 heteroatoms. The van der Waals surface area contributed by atoms with Gasteiger partial charge in [0.1, 0.15) is 40.9 Å². The van der Waals surface area contributed by atoms with E-state index in [1.54, 1.807) is 32.9 Å². The van der Waals surface area contributed by atoms with Crippen molar-refractivity contribution in [2.24, 2.45) is 5.92 Å². The Bertz CT molecular complexity index is 1950. The Morgan fingerprint density at radius 1 is 1.09 bits per heavy atom. The van der Waals surface area contributed by atoms with Crippen LogP contribution in [0.15, 0.2) is 42.5 Å². The van der Waals surface area contributed by atoms with Crippen LogP contribution in [0.3, 0.4) is 0 Å². The Labute approximate surface area is 332 Å². The number of alkyl carbamates (subject to hydrolysis) is 1. The SMILES string of the molecule is C=C[C@@H]1C[C@]1(NC(=O)[C@@H]1C[C@@H](OC(=O)N2Cc3cccc(F)c3C2)CN1C(=O)[C@H](CCC(=O)CC=C1CCCC1)NC(=O)OC(C)(C)C)C(=O)NS(=O)(=O)C1CC1. The summed E-state index contributed by atoms with van der Waals surface area (Å²) in [6.07, 6.45) is 5.20. The molecule has 0 aromatic heterocycles. The van der Waals surface area contributed by atoms with Crippen LogP contribution in [0.2, 0.25) is 0 Å². The molecule has 2 heterocycles. The summed E-state index contributed by atoms with van der Waals surface area (Å²) in [5.41, 5.74) is -0.408. The van der Waals surface area contributed by atoms with Crippen LogP contribution in [0, 0.1) is 11.7 Å². The molecule has 3 N–H and O–H groups in total. The van der Waals surface area contributed by atoms with Gasteiger partial charge in [-0.1, -0.05) is 29.9 Å². The lowest BCUT2D eigenvalue weighted by atomic mass is 10.0. The molecule has 0 radical (unpaired) electrons. The number of benzene rings is 1. The van der Waals surface area contributed by atoms with Crippen molar-refractivity contribution >= 4 is 45.7 Å². The van der Waals surface area contributed by atoms with Crippen LogP contribution in [0.1, 0.15) is 103 Å². The molecule has 57 heavy (non-hydrogen) atoms. The number of likely N-dealkylation sites (tertiary alicyclic amines) is 1. The summed E-state index contributed by atoms with van der Waals surface area (Å²) < 4.78 is 53.2. The first-order chi connectivity index (χ1) is 26.9. The second-order valence-corrected chi connectivity index (χ2v) is 18.7. The Kier molecular flexibility index (Phi) is 12.2. The van der Waals surface area contributed by atoms with Crippen molar-refractivity contribution in [1.29, 1.82) is 0 Å². The number of nitrogens with one attached hydrogen (secondary N) is 3. The van der Waals surface area contributed by atoms with Gasteiger partial charge in [0.15, 0.2) is 0 Å². The van der Waals surface area contributed by atoms with E-state index in [2.05, 4.69) is 21.9 Å². The molecule has 5 aliphatic rings. The highest BCUT2D eigenvalue weighted by atomic mass is 32.2. The van der Waals surface area contributed by atoms with E-state index in [9.17, 15) is 41.6 Å². The lowest BCUT2D eigenvalue weighted by Gasteiger charge is -2.30. The number of amides is 5. The van der Waals surface area contributed by atoms with Gasteiger partial charge in [0, 0.05) is 37.3 Å². The van der Waals surface area contributed by atoms with Crippen molar-refractivity contribution in [2.75, 3.05) is 6.54 Å². The molecular weight excluding hydrogens is 762 g/mol. The van der Waals surface area contributed by atoms with E-state index in [4.69, 9.17) is 9.47 Å². The van der Waals surface area contributed by atoms with Gasteiger partial charge in [-0.15, -0.1) is 6.58 Å². The van der Waals surface area contributed by atoms with Gasteiger partial charge in [-0.25, -0.2) is 22.4 Å². The Balaban J connectivity index is 1.22. The van der Waals surface area contributed by atoms with E-state index < -0.39 is 86.2 Å². The maximum Gasteiger partial charge on any atom is 0.410 e. The predicted molar refractivity (Wildman–Crippen MR) is 204 cm³/mol. The van der Waals surface area contributed by atoms with E-state index in [0.717, 1.165) is 30.6 Å². The molecule has 5 amide bonds. The van der Waals surface area contributed by atoms with Crippen LogP contribution < -0.4 is 15.4 Å². The largest absolute Gasteiger partial charge is 0.444 e. The van der Waals surface area contributed by atoms with Crippen molar-refractivity contribution < 1.29 is 51.0 Å². The van der Waals surface area contributed by atoms with Crippen molar-refractivity contribution in [1.82, 2.24) is 25.2 Å². The fraction of sp³-hybridized carbons (Fsp3) is 0.600. The normalized spacial score (nSPS) is 24.6. The van der Waals surface area contributed by atoms with E-state index in [1.807, 2.05) is 6.08 Å². The second kappa shape index (κ2) is 16.6. The van der Waals surface area contributed by atoms with Gasteiger partial charge in [0.2, 0.25) is 21.8 Å². The number of Topliss-reactive ketones (excluding diaryl/α,β-unsaturated/α-hetero) is 1. The zero-order valence-corrected chi connectivity index (χ0v) is 33.5. The molecule has 3 aliphatic carbocycles. The van der Waals surface area contributed by atoms with Gasteiger partial charge in [-0.05, 0) is 83.8 Å². The third-order valence-corrected chi connectivity index (χ3v) is 12.9. The molecule has 1 saturated heterocycles. The summed E-state index contributed by atoms with van der Waals surface area (Å²) in [5.74, 6) is -3.74. The Morgan fingerprint density at radius 2 is 1.81 bits per heavy atom. The fourth-order valence-electron chi connectivity index (χ4n) is 7.73. The highest BCUT2D eigenvalue weighted by Gasteiger charge is 2.62. The number of carbonyl (C=O) groups is 6. The Morgan fingerprint density at radius 3 is 2.44 bits per heavy atom. The molecule has 4 fully saturated rings. The monoisotopic (exact) mass is 813 g/mol. The maximum atomic E-state index is 14.5. The number of hydrogen-bond donors (Lipinski definition) is 3. The minimum atomic E-state index is -3.97. The second-order valence-electron chi connectivity index (χ2n) is 16.7. The predicted octanol–water partition coefficient (Wildman–Crippen LogP) is 4.05. The highest BCUT2D eigenvalue weighted by molar-refractivity contribution is 7.91. The summed E-state index contributed by atoms with van der Waals surface area (Å²) in [4.78, 5) is 84.2. The third-order valence-electron chi connectivity index (χ3n) is 11.1. The van der Waals surface area contributed by atoms with Gasteiger partial charge in [0.25, 0.3) is 5.91 Å². The molecular formula is C40H52FN5O10S. The Hall–Kier alpha value is -4.80. The molecule has 0 spiro atoms. The van der Waals surface area contributed by atoms with Crippen LogP contribution in [0.25, 0.3) is 0 Å². The number of sulfonamides is 1. The molecule has 15 nitrogen and oxygen atoms in total. The van der Waals surface area contributed by atoms with Crippen molar-refractivity contribution in [3.8, 4) is 0 Å². The van der Waals surface area contributed by atoms with Crippen LogP contribution >= 0.6 is 0 Å². The minimum absolute atomic E-state index is 0.0446. The third kappa shape index (κ3) is 10.0. The standard InChI is InChI=1S/C40H52FN5O10S/c1-5-26-20-40(26,36(50)44-57(53,54)29-16-17-29)43-34(48)33-19-28(55-38(52)45-21-25-11-8-12-31(41)30(25)23-45)22-46(33)35(49)32(42-37(51)56-39(2,3)4)18-15-27(47)14-13-24-9-6-7-10-24/h5,8,11-13,26,28-29,32-33H,1,6-7,9-10,14-23H2,2-4H3,(H,42,51)(H,43,48)(H,44,50)/t26-,28-,32+,33+,40-/m1/s1. The first-order valence-corrected chi connectivity index (χ1v) is 21.2. The van der Waals surface area contributed by atoms with E-state index >= 15 is 0 Å². The first-order valence-electron chi connectivity index (χ1n) is 19.6. The molecule has 0 bridgehead atoms. The number of halogens is 1. The van der Waals surface area contributed by atoms with Crippen molar-refractivity contribution in [3.63, 3.8) is 0 Å². The smallest absolute Gasteiger partial charge is 0.410 e. The summed E-state index contributed by atoms with van der Waals surface area (Å²) >= 11 is 0. The maximum absolute atomic E-state index is 14.5. The van der Waals surface area contributed by atoms with Crippen LogP contribution in [0.4, 0.5) is 14.0 Å².